The van der Waals surface area contributed by atoms with Gasteiger partial charge in [0.2, 0.25) is 0 Å². The van der Waals surface area contributed by atoms with Gasteiger partial charge in [0, 0.05) is 55.0 Å². The van der Waals surface area contributed by atoms with Crippen LogP contribution in [0.3, 0.4) is 0 Å². The molecule has 0 N–H and O–H groups in total. The minimum absolute atomic E-state index is 0.648. The second-order valence-electron chi connectivity index (χ2n) is 13.6. The predicted molar refractivity (Wildman–Crippen MR) is 210 cm³/mol. The van der Waals surface area contributed by atoms with Crippen molar-refractivity contribution in [1.29, 1.82) is 0 Å². The first-order valence-electron chi connectivity index (χ1n) is 17.5. The summed E-state index contributed by atoms with van der Waals surface area (Å²) in [6.45, 7) is 0. The molecule has 6 heteroatoms. The first-order valence-corrected chi connectivity index (χ1v) is 18.3. The van der Waals surface area contributed by atoms with Crippen LogP contribution in [0, 0.1) is 0 Å². The summed E-state index contributed by atoms with van der Waals surface area (Å²) >= 11 is 1.84. The van der Waals surface area contributed by atoms with Gasteiger partial charge in [-0.3, -0.25) is 15.0 Å². The van der Waals surface area contributed by atoms with Gasteiger partial charge in [-0.25, -0.2) is 0 Å². The van der Waals surface area contributed by atoms with E-state index in [0.29, 0.717) is 0 Å². The van der Waals surface area contributed by atoms with Gasteiger partial charge in [-0.05, 0) is 77.4 Å². The molecule has 0 fully saturated rings. The fourth-order valence-electron chi connectivity index (χ4n) is 9.14. The first-order chi connectivity index (χ1) is 25.8. The van der Waals surface area contributed by atoms with Gasteiger partial charge >= 0.3 is 0 Å². The smallest absolute Gasteiger partial charge is 0.0939 e. The Kier molecular flexibility index (Phi) is 5.58. The molecule has 0 radical (unpaired) electrons. The number of aromatic nitrogens is 5. The van der Waals surface area contributed by atoms with E-state index in [4.69, 9.17) is 9.97 Å². The summed E-state index contributed by atoms with van der Waals surface area (Å²) in [6.07, 6.45) is 7.80. The van der Waals surface area contributed by atoms with E-state index in [1.165, 1.54) is 42.5 Å². The molecular formula is C46H27N5S. The average Bonchev–Trinajstić information content (AvgIpc) is 3.83. The number of pyridine rings is 3. The maximum atomic E-state index is 5.32. The van der Waals surface area contributed by atoms with Crippen LogP contribution in [0.15, 0.2) is 174 Å². The Hall–Kier alpha value is -6.50. The molecule has 0 bridgehead atoms. The lowest BCUT2D eigenvalue weighted by atomic mass is 9.67. The SMILES string of the molecule is c1ccc2c(c1)Sc1ccc(-n3c4ccccc4c4ccncc43)cc1C21c2cccnc2-c2ncc(-n3c4ccccc4c4ccccc43)cc21. The number of para-hydroxylation sites is 3. The Bertz CT molecular complexity index is 3030. The summed E-state index contributed by atoms with van der Waals surface area (Å²) in [4.78, 5) is 17.4. The van der Waals surface area contributed by atoms with Crippen LogP contribution in [0.25, 0.3) is 66.4 Å². The molecule has 5 aromatic carbocycles. The third kappa shape index (κ3) is 3.52. The van der Waals surface area contributed by atoms with Crippen molar-refractivity contribution in [1.82, 2.24) is 24.1 Å². The van der Waals surface area contributed by atoms with Gasteiger partial charge in [0.1, 0.15) is 0 Å². The molecular weight excluding hydrogens is 655 g/mol. The van der Waals surface area contributed by atoms with Gasteiger partial charge in [-0.1, -0.05) is 90.6 Å². The van der Waals surface area contributed by atoms with Gasteiger partial charge in [0.05, 0.1) is 57.0 Å². The molecule has 1 atom stereocenters. The Morgan fingerprint density at radius 2 is 1.02 bits per heavy atom. The van der Waals surface area contributed by atoms with E-state index < -0.39 is 5.41 Å². The van der Waals surface area contributed by atoms with Crippen molar-refractivity contribution in [3.05, 3.63) is 187 Å². The largest absolute Gasteiger partial charge is 0.308 e. The highest BCUT2D eigenvalue weighted by molar-refractivity contribution is 7.99. The normalized spacial score (nSPS) is 15.7. The topological polar surface area (TPSA) is 48.5 Å². The Morgan fingerprint density at radius 1 is 0.423 bits per heavy atom. The number of benzene rings is 5. The third-order valence-electron chi connectivity index (χ3n) is 11.2. The van der Waals surface area contributed by atoms with Gasteiger partial charge in [-0.2, -0.15) is 0 Å². The van der Waals surface area contributed by atoms with Crippen molar-refractivity contribution in [3.8, 4) is 22.8 Å². The quantitative estimate of drug-likeness (QED) is 0.182. The minimum atomic E-state index is -0.648. The maximum absolute atomic E-state index is 5.32. The summed E-state index contributed by atoms with van der Waals surface area (Å²) < 4.78 is 4.73. The third-order valence-corrected chi connectivity index (χ3v) is 12.3. The van der Waals surface area contributed by atoms with E-state index in [9.17, 15) is 0 Å². The minimum Gasteiger partial charge on any atom is -0.308 e. The van der Waals surface area contributed by atoms with E-state index in [-0.39, 0.29) is 0 Å². The van der Waals surface area contributed by atoms with Crippen LogP contribution in [-0.4, -0.2) is 24.1 Å². The molecule has 242 valence electrons. The van der Waals surface area contributed by atoms with Crippen LogP contribution in [0.4, 0.5) is 0 Å². The van der Waals surface area contributed by atoms with Crippen molar-refractivity contribution >= 4 is 55.4 Å². The molecule has 2 aliphatic rings. The van der Waals surface area contributed by atoms with Crippen molar-refractivity contribution in [2.45, 2.75) is 15.2 Å². The Morgan fingerprint density at radius 3 is 1.79 bits per heavy atom. The molecule has 6 heterocycles. The molecule has 52 heavy (non-hydrogen) atoms. The highest BCUT2D eigenvalue weighted by atomic mass is 32.2. The zero-order valence-corrected chi connectivity index (χ0v) is 28.5. The van der Waals surface area contributed by atoms with Gasteiger partial charge in [0.15, 0.2) is 0 Å². The molecule has 1 aliphatic heterocycles. The molecule has 1 aliphatic carbocycles. The van der Waals surface area contributed by atoms with Crippen LogP contribution in [0.1, 0.15) is 22.3 Å². The zero-order valence-electron chi connectivity index (χ0n) is 27.7. The fraction of sp³-hybridized carbons (Fsp3) is 0.0217. The van der Waals surface area contributed by atoms with E-state index in [0.717, 1.165) is 56.0 Å². The van der Waals surface area contributed by atoms with Crippen LogP contribution in [0.5, 0.6) is 0 Å². The second-order valence-corrected chi connectivity index (χ2v) is 14.7. The molecule has 0 saturated carbocycles. The highest BCUT2D eigenvalue weighted by Gasteiger charge is 2.52. The van der Waals surface area contributed by atoms with Gasteiger partial charge in [0.25, 0.3) is 0 Å². The summed E-state index contributed by atoms with van der Waals surface area (Å²) in [7, 11) is 0. The molecule has 10 aromatic rings. The first kappa shape index (κ1) is 28.2. The summed E-state index contributed by atoms with van der Waals surface area (Å²) in [5.74, 6) is 0. The molecule has 12 rings (SSSR count). The van der Waals surface area contributed by atoms with Gasteiger partial charge in [-0.15, -0.1) is 0 Å². The summed E-state index contributed by atoms with van der Waals surface area (Å²) in [6, 6.07) is 50.7. The maximum Gasteiger partial charge on any atom is 0.0939 e. The van der Waals surface area contributed by atoms with Crippen LogP contribution in [0.2, 0.25) is 0 Å². The van der Waals surface area contributed by atoms with Crippen molar-refractivity contribution in [2.75, 3.05) is 0 Å². The van der Waals surface area contributed by atoms with Crippen molar-refractivity contribution < 1.29 is 0 Å². The standard InChI is InChI=1S/C46H27N5S/c1-6-16-39-30(10-1)31-11-2-7-17-40(31)51(39)29-25-37-45(49-26-29)44-35(14-9-22-48-44)46(37)34-13-4-8-18-42(34)52-43-20-19-28(24-36(43)46)50-38-15-5-3-12-32(38)33-21-23-47-27-41(33)50/h1-27H. The molecule has 0 saturated heterocycles. The summed E-state index contributed by atoms with van der Waals surface area (Å²) in [5.41, 5.74) is 12.7. The molecule has 1 spiro atoms. The fourth-order valence-corrected chi connectivity index (χ4v) is 10.3. The van der Waals surface area contributed by atoms with E-state index in [1.807, 2.05) is 36.5 Å². The lowest BCUT2D eigenvalue weighted by Crippen LogP contribution is -2.32. The summed E-state index contributed by atoms with van der Waals surface area (Å²) in [5, 5.41) is 4.87. The zero-order chi connectivity index (χ0) is 34.0. The van der Waals surface area contributed by atoms with Crippen LogP contribution < -0.4 is 0 Å². The van der Waals surface area contributed by atoms with E-state index in [2.05, 4.69) is 154 Å². The molecule has 1 unspecified atom stereocenters. The highest BCUT2D eigenvalue weighted by Crippen LogP contribution is 2.62. The van der Waals surface area contributed by atoms with Crippen LogP contribution in [-0.2, 0) is 5.41 Å². The van der Waals surface area contributed by atoms with Crippen molar-refractivity contribution in [3.63, 3.8) is 0 Å². The number of nitrogens with zero attached hydrogens (tertiary/aromatic N) is 5. The molecule has 5 aromatic heterocycles. The monoisotopic (exact) mass is 681 g/mol. The average molecular weight is 682 g/mol. The lowest BCUT2D eigenvalue weighted by molar-refractivity contribution is 0.717. The van der Waals surface area contributed by atoms with Crippen LogP contribution >= 0.6 is 11.8 Å². The van der Waals surface area contributed by atoms with Gasteiger partial charge < -0.3 is 9.13 Å². The predicted octanol–water partition coefficient (Wildman–Crippen LogP) is 10.9. The van der Waals surface area contributed by atoms with E-state index >= 15 is 0 Å². The number of fused-ring (bicyclic) bond motifs is 15. The second kappa shape index (κ2) is 10.3. The lowest BCUT2D eigenvalue weighted by Gasteiger charge is -2.39. The van der Waals surface area contributed by atoms with E-state index in [1.54, 1.807) is 0 Å². The number of hydrogen-bond donors (Lipinski definition) is 0. The molecule has 0 amide bonds. The van der Waals surface area contributed by atoms with Crippen molar-refractivity contribution in [2.24, 2.45) is 0 Å². The molecule has 5 nitrogen and oxygen atoms in total. The number of rotatable bonds is 2. The number of hydrogen-bond acceptors (Lipinski definition) is 4. The Balaban J connectivity index is 1.20. The Labute approximate surface area is 302 Å².